The van der Waals surface area contributed by atoms with E-state index in [2.05, 4.69) is 51.5 Å². The smallest absolute Gasteiger partial charge is 0.307 e. The second kappa shape index (κ2) is 12.2. The molecule has 42 heavy (non-hydrogen) atoms. The average Bonchev–Trinajstić information content (AvgIpc) is 3.47. The molecule has 3 aliphatic rings. The van der Waals surface area contributed by atoms with Crippen LogP contribution in [0.4, 0.5) is 0 Å². The van der Waals surface area contributed by atoms with E-state index in [9.17, 15) is 9.59 Å². The molecule has 2 heterocycles. The summed E-state index contributed by atoms with van der Waals surface area (Å²) in [7, 11) is 0. The molecule has 1 spiro atoms. The largest absolute Gasteiger partial charge is 0.466 e. The zero-order valence-corrected chi connectivity index (χ0v) is 24.1. The minimum absolute atomic E-state index is 0.0341. The van der Waals surface area contributed by atoms with Gasteiger partial charge in [0.15, 0.2) is 11.4 Å². The molecular weight excluding hydrogens is 528 g/mol. The number of amides is 1. The van der Waals surface area contributed by atoms with Crippen LogP contribution in [0.5, 0.6) is 0 Å². The number of carbonyl (C=O) groups excluding carboxylic acids is 3. The van der Waals surface area contributed by atoms with Crippen LogP contribution in [0.15, 0.2) is 84.9 Å². The molecule has 218 valence electrons. The van der Waals surface area contributed by atoms with Crippen LogP contribution in [0.2, 0.25) is 0 Å². The molecule has 0 radical (unpaired) electrons. The first-order valence-corrected chi connectivity index (χ1v) is 14.9. The molecule has 2 fully saturated rings. The van der Waals surface area contributed by atoms with Crippen LogP contribution in [0, 0.1) is 0 Å². The van der Waals surface area contributed by atoms with Crippen molar-refractivity contribution < 1.29 is 19.1 Å². The van der Waals surface area contributed by atoms with Gasteiger partial charge < -0.3 is 10.1 Å². The predicted octanol–water partition coefficient (Wildman–Crippen LogP) is 3.28. The summed E-state index contributed by atoms with van der Waals surface area (Å²) in [6.07, 6.45) is -0.0341. The van der Waals surface area contributed by atoms with Crippen LogP contribution < -0.4 is 5.32 Å². The topological polar surface area (TPSA) is 82.2 Å². The van der Waals surface area contributed by atoms with Crippen LogP contribution in [0.3, 0.4) is 0 Å². The third kappa shape index (κ3) is 5.15. The van der Waals surface area contributed by atoms with Gasteiger partial charge in [0, 0.05) is 45.8 Å². The number of ether oxygens (including phenoxy) is 1. The molecular formula is C34H38N4O4. The Kier molecular flexibility index (Phi) is 8.20. The normalized spacial score (nSPS) is 22.3. The van der Waals surface area contributed by atoms with Gasteiger partial charge in [-0.1, -0.05) is 84.9 Å². The standard InChI is InChI=1S/C34H38N4O4/c1-2-42-31(39)21-30-33(41)35-17-18-36(30)24-28-27-15-9-10-16-29(27)34(32(28)40)37(22-25-11-5-3-6-12-25)19-20-38(34)23-26-13-7-4-8-14-26/h3-16,28,30H,2,17-24H2,1H3,(H,35,41)/t28-,30+/m0/s1. The maximum atomic E-state index is 15.1. The molecule has 2 saturated heterocycles. The highest BCUT2D eigenvalue weighted by Gasteiger charge is 2.61. The quantitative estimate of drug-likeness (QED) is 0.398. The zero-order valence-electron chi connectivity index (χ0n) is 24.1. The summed E-state index contributed by atoms with van der Waals surface area (Å²) in [5.74, 6) is -0.904. The van der Waals surface area contributed by atoms with Gasteiger partial charge in [-0.15, -0.1) is 0 Å². The van der Waals surface area contributed by atoms with Crippen LogP contribution in [0.1, 0.15) is 41.5 Å². The minimum atomic E-state index is -0.929. The summed E-state index contributed by atoms with van der Waals surface area (Å²) < 4.78 is 5.18. The van der Waals surface area contributed by atoms with Crippen LogP contribution in [-0.2, 0) is 37.9 Å². The van der Waals surface area contributed by atoms with Gasteiger partial charge in [0.05, 0.1) is 25.0 Å². The molecule has 1 aliphatic carbocycles. The molecule has 3 aromatic carbocycles. The van der Waals surface area contributed by atoms with Crippen molar-refractivity contribution in [2.24, 2.45) is 0 Å². The Morgan fingerprint density at radius 1 is 0.857 bits per heavy atom. The van der Waals surface area contributed by atoms with E-state index < -0.39 is 23.6 Å². The number of ketones is 1. The zero-order chi connectivity index (χ0) is 29.1. The number of rotatable bonds is 9. The molecule has 2 atom stereocenters. The highest BCUT2D eigenvalue weighted by Crippen LogP contribution is 2.51. The molecule has 0 aromatic heterocycles. The number of hydrogen-bond donors (Lipinski definition) is 1. The predicted molar refractivity (Wildman–Crippen MR) is 159 cm³/mol. The Hall–Kier alpha value is -3.85. The summed E-state index contributed by atoms with van der Waals surface area (Å²) in [4.78, 5) is 47.1. The van der Waals surface area contributed by atoms with Crippen molar-refractivity contribution in [3.05, 3.63) is 107 Å². The monoisotopic (exact) mass is 566 g/mol. The summed E-state index contributed by atoms with van der Waals surface area (Å²) in [5.41, 5.74) is 3.42. The number of nitrogens with one attached hydrogen (secondary N) is 1. The van der Waals surface area contributed by atoms with E-state index in [0.29, 0.717) is 32.7 Å². The van der Waals surface area contributed by atoms with E-state index in [1.165, 1.54) is 0 Å². The number of carbonyl (C=O) groups is 3. The number of esters is 1. The average molecular weight is 567 g/mol. The molecule has 0 bridgehead atoms. The summed E-state index contributed by atoms with van der Waals surface area (Å²) in [6, 6.07) is 28.2. The second-order valence-corrected chi connectivity index (χ2v) is 11.3. The summed E-state index contributed by atoms with van der Waals surface area (Å²) in [6.45, 7) is 6.24. The second-order valence-electron chi connectivity index (χ2n) is 11.3. The number of piperazine rings is 1. The van der Waals surface area contributed by atoms with Crippen LogP contribution >= 0.6 is 0 Å². The highest BCUT2D eigenvalue weighted by atomic mass is 16.5. The lowest BCUT2D eigenvalue weighted by Crippen LogP contribution is -2.58. The Morgan fingerprint density at radius 3 is 2.07 bits per heavy atom. The van der Waals surface area contributed by atoms with E-state index in [1.54, 1.807) is 6.92 Å². The van der Waals surface area contributed by atoms with Crippen molar-refractivity contribution in [2.75, 3.05) is 39.3 Å². The molecule has 8 nitrogen and oxygen atoms in total. The van der Waals surface area contributed by atoms with Crippen molar-refractivity contribution in [1.29, 1.82) is 0 Å². The molecule has 3 aromatic rings. The first-order chi connectivity index (χ1) is 20.5. The van der Waals surface area contributed by atoms with E-state index in [4.69, 9.17) is 4.74 Å². The third-order valence-corrected chi connectivity index (χ3v) is 8.88. The molecule has 6 rings (SSSR count). The number of benzene rings is 3. The minimum Gasteiger partial charge on any atom is -0.466 e. The van der Waals surface area contributed by atoms with Gasteiger partial charge in [0.1, 0.15) is 0 Å². The van der Waals surface area contributed by atoms with Crippen LogP contribution in [0.25, 0.3) is 0 Å². The van der Waals surface area contributed by atoms with Crippen molar-refractivity contribution in [3.63, 3.8) is 0 Å². The van der Waals surface area contributed by atoms with Gasteiger partial charge in [-0.05, 0) is 29.2 Å². The fraction of sp³-hybridized carbons (Fsp3) is 0.382. The Morgan fingerprint density at radius 2 is 1.45 bits per heavy atom. The lowest BCUT2D eigenvalue weighted by atomic mass is 9.95. The molecule has 1 N–H and O–H groups in total. The van der Waals surface area contributed by atoms with E-state index >= 15 is 4.79 Å². The number of nitrogens with zero attached hydrogens (tertiary/aromatic N) is 3. The summed E-state index contributed by atoms with van der Waals surface area (Å²) in [5, 5.41) is 2.89. The third-order valence-electron chi connectivity index (χ3n) is 8.88. The lowest BCUT2D eigenvalue weighted by molar-refractivity contribution is -0.148. The first kappa shape index (κ1) is 28.3. The fourth-order valence-electron chi connectivity index (χ4n) is 7.04. The van der Waals surface area contributed by atoms with Gasteiger partial charge in [-0.2, -0.15) is 0 Å². The maximum Gasteiger partial charge on any atom is 0.307 e. The van der Waals surface area contributed by atoms with Crippen molar-refractivity contribution in [1.82, 2.24) is 20.0 Å². The van der Waals surface area contributed by atoms with Crippen molar-refractivity contribution >= 4 is 17.7 Å². The Balaban J connectivity index is 1.38. The van der Waals surface area contributed by atoms with Gasteiger partial charge >= 0.3 is 5.97 Å². The molecule has 1 amide bonds. The van der Waals surface area contributed by atoms with Gasteiger partial charge in [-0.25, -0.2) is 0 Å². The Bertz CT molecular complexity index is 1380. The summed E-state index contributed by atoms with van der Waals surface area (Å²) >= 11 is 0. The van der Waals surface area contributed by atoms with E-state index in [-0.39, 0.29) is 24.7 Å². The van der Waals surface area contributed by atoms with Crippen LogP contribution in [-0.4, -0.2) is 77.7 Å². The van der Waals surface area contributed by atoms with Gasteiger partial charge in [0.25, 0.3) is 0 Å². The van der Waals surface area contributed by atoms with E-state index in [1.807, 2.05) is 53.4 Å². The fourth-order valence-corrected chi connectivity index (χ4v) is 7.04. The molecule has 0 saturated carbocycles. The first-order valence-electron chi connectivity index (χ1n) is 14.9. The van der Waals surface area contributed by atoms with Gasteiger partial charge in [-0.3, -0.25) is 29.1 Å². The Labute approximate surface area is 247 Å². The van der Waals surface area contributed by atoms with Crippen molar-refractivity contribution in [3.8, 4) is 0 Å². The SMILES string of the molecule is CCOC(=O)C[C@@H]1C(=O)NCCN1C[C@@H]1C(=O)C2(c3ccccc31)N(Cc1ccccc1)CCN2Cc1ccccc1. The van der Waals surface area contributed by atoms with Crippen molar-refractivity contribution in [2.45, 2.75) is 44.1 Å². The maximum absolute atomic E-state index is 15.1. The molecule has 8 heteroatoms. The number of fused-ring (bicyclic) bond motifs is 2. The number of Topliss-reactive ketones (excluding diaryl/α,β-unsaturated/α-hetero) is 1. The number of hydrogen-bond acceptors (Lipinski definition) is 7. The molecule has 0 unspecified atom stereocenters. The highest BCUT2D eigenvalue weighted by molar-refractivity contribution is 6.00. The van der Waals surface area contributed by atoms with E-state index in [0.717, 1.165) is 35.3 Å². The molecule has 2 aliphatic heterocycles. The van der Waals surface area contributed by atoms with Gasteiger partial charge in [0.2, 0.25) is 5.91 Å². The lowest BCUT2D eigenvalue weighted by Gasteiger charge is -2.41.